The van der Waals surface area contributed by atoms with Crippen molar-refractivity contribution in [3.05, 3.63) is 27.7 Å². The second-order valence-corrected chi connectivity index (χ2v) is 5.87. The van der Waals surface area contributed by atoms with Gasteiger partial charge in [0.2, 0.25) is 0 Å². The first-order valence-electron chi connectivity index (χ1n) is 7.52. The summed E-state index contributed by atoms with van der Waals surface area (Å²) < 4.78 is 4.76. The summed E-state index contributed by atoms with van der Waals surface area (Å²) in [5.41, 5.74) is 0.645. The number of aromatic nitrogens is 1. The lowest BCUT2D eigenvalue weighted by Gasteiger charge is -2.29. The van der Waals surface area contributed by atoms with Crippen LogP contribution in [0.5, 0.6) is 5.75 Å². The Balaban J connectivity index is 2.38. The molecule has 5 nitrogen and oxygen atoms in total. The SMILES string of the molecule is COC(=O)C[C@@H](c1c(O)cc(C)[nH]c1=O)C1CCCCC1. The van der Waals surface area contributed by atoms with Crippen molar-refractivity contribution in [1.82, 2.24) is 4.98 Å². The van der Waals surface area contributed by atoms with Gasteiger partial charge < -0.3 is 14.8 Å². The molecule has 0 aliphatic heterocycles. The van der Waals surface area contributed by atoms with E-state index in [1.54, 1.807) is 13.0 Å². The fourth-order valence-corrected chi connectivity index (χ4v) is 3.34. The van der Waals surface area contributed by atoms with E-state index < -0.39 is 0 Å². The Hall–Kier alpha value is -1.78. The molecule has 0 bridgehead atoms. The smallest absolute Gasteiger partial charge is 0.306 e. The van der Waals surface area contributed by atoms with Gasteiger partial charge >= 0.3 is 5.97 Å². The van der Waals surface area contributed by atoms with Crippen LogP contribution in [0.2, 0.25) is 0 Å². The Labute approximate surface area is 124 Å². The van der Waals surface area contributed by atoms with Crippen LogP contribution in [0.3, 0.4) is 0 Å². The zero-order valence-electron chi connectivity index (χ0n) is 12.6. The highest BCUT2D eigenvalue weighted by Crippen LogP contribution is 2.39. The van der Waals surface area contributed by atoms with E-state index in [-0.39, 0.29) is 35.5 Å². The maximum atomic E-state index is 12.2. The maximum Gasteiger partial charge on any atom is 0.306 e. The van der Waals surface area contributed by atoms with Gasteiger partial charge in [-0.1, -0.05) is 19.3 Å². The number of nitrogens with one attached hydrogen (secondary N) is 1. The van der Waals surface area contributed by atoms with Crippen LogP contribution in [-0.2, 0) is 9.53 Å². The lowest BCUT2D eigenvalue weighted by molar-refractivity contribution is -0.141. The van der Waals surface area contributed by atoms with Crippen LogP contribution < -0.4 is 5.56 Å². The van der Waals surface area contributed by atoms with Crippen molar-refractivity contribution < 1.29 is 14.6 Å². The largest absolute Gasteiger partial charge is 0.507 e. The van der Waals surface area contributed by atoms with Crippen molar-refractivity contribution in [2.24, 2.45) is 5.92 Å². The van der Waals surface area contributed by atoms with Gasteiger partial charge in [0.1, 0.15) is 5.75 Å². The molecular weight excluding hydrogens is 270 g/mol. The lowest BCUT2D eigenvalue weighted by atomic mass is 9.75. The first-order chi connectivity index (χ1) is 10.0. The minimum atomic E-state index is -0.343. The molecule has 0 radical (unpaired) electrons. The zero-order valence-corrected chi connectivity index (χ0v) is 12.6. The summed E-state index contributed by atoms with van der Waals surface area (Å²) in [5.74, 6) is -0.393. The van der Waals surface area contributed by atoms with Gasteiger partial charge in [-0.2, -0.15) is 0 Å². The predicted octanol–water partition coefficient (Wildman–Crippen LogP) is 2.62. The fraction of sp³-hybridized carbons (Fsp3) is 0.625. The molecule has 1 atom stereocenters. The Morgan fingerprint density at radius 2 is 2.10 bits per heavy atom. The van der Waals surface area contributed by atoms with Crippen LogP contribution in [0.4, 0.5) is 0 Å². The number of carbonyl (C=O) groups excluding carboxylic acids is 1. The minimum Gasteiger partial charge on any atom is -0.507 e. The fourth-order valence-electron chi connectivity index (χ4n) is 3.34. The van der Waals surface area contributed by atoms with Gasteiger partial charge in [0.05, 0.1) is 19.1 Å². The molecule has 0 saturated heterocycles. The third-order valence-corrected chi connectivity index (χ3v) is 4.39. The maximum absolute atomic E-state index is 12.2. The van der Waals surface area contributed by atoms with Crippen LogP contribution in [0.15, 0.2) is 10.9 Å². The topological polar surface area (TPSA) is 79.4 Å². The van der Waals surface area contributed by atoms with E-state index >= 15 is 0 Å². The highest BCUT2D eigenvalue weighted by atomic mass is 16.5. The Bertz CT molecular complexity index is 558. The summed E-state index contributed by atoms with van der Waals surface area (Å²) >= 11 is 0. The standard InChI is InChI=1S/C16H23NO4/c1-10-8-13(18)15(16(20)17-10)12(9-14(19)21-2)11-6-4-3-5-7-11/h8,11-12H,3-7,9H2,1-2H3,(H2,17,18,20)/t12-/m1/s1. The number of ether oxygens (including phenoxy) is 1. The Kier molecular flexibility index (Phi) is 5.04. The van der Waals surface area contributed by atoms with E-state index in [1.165, 1.54) is 13.5 Å². The summed E-state index contributed by atoms with van der Waals surface area (Å²) in [6.07, 6.45) is 5.50. The summed E-state index contributed by atoms with van der Waals surface area (Å²) in [6, 6.07) is 1.55. The average molecular weight is 293 g/mol. The summed E-state index contributed by atoms with van der Waals surface area (Å²) in [7, 11) is 1.35. The first kappa shape index (κ1) is 15.6. The zero-order chi connectivity index (χ0) is 15.4. The van der Waals surface area contributed by atoms with Gasteiger partial charge in [0, 0.05) is 11.6 Å². The van der Waals surface area contributed by atoms with E-state index in [0.29, 0.717) is 11.3 Å². The number of H-pyrrole nitrogens is 1. The molecule has 21 heavy (non-hydrogen) atoms. The molecule has 1 aromatic heterocycles. The van der Waals surface area contributed by atoms with Gasteiger partial charge in [-0.25, -0.2) is 0 Å². The van der Waals surface area contributed by atoms with E-state index in [2.05, 4.69) is 4.98 Å². The number of aromatic amines is 1. The van der Waals surface area contributed by atoms with Gasteiger partial charge in [0.25, 0.3) is 5.56 Å². The quantitative estimate of drug-likeness (QED) is 0.836. The van der Waals surface area contributed by atoms with Crippen LogP contribution in [0.1, 0.15) is 55.7 Å². The number of carbonyl (C=O) groups is 1. The van der Waals surface area contributed by atoms with E-state index in [0.717, 1.165) is 25.7 Å². The van der Waals surface area contributed by atoms with Crippen molar-refractivity contribution in [2.45, 2.75) is 51.4 Å². The number of hydrogen-bond acceptors (Lipinski definition) is 4. The third-order valence-electron chi connectivity index (χ3n) is 4.39. The second kappa shape index (κ2) is 6.78. The molecule has 1 aliphatic carbocycles. The molecule has 0 unspecified atom stereocenters. The number of hydrogen-bond donors (Lipinski definition) is 2. The molecule has 2 rings (SSSR count). The molecule has 5 heteroatoms. The molecule has 1 saturated carbocycles. The highest BCUT2D eigenvalue weighted by molar-refractivity contribution is 5.70. The number of aryl methyl sites for hydroxylation is 1. The van der Waals surface area contributed by atoms with Crippen LogP contribution in [0.25, 0.3) is 0 Å². The molecule has 1 aromatic rings. The number of methoxy groups -OCH3 is 1. The number of esters is 1. The van der Waals surface area contributed by atoms with Gasteiger partial charge in [-0.15, -0.1) is 0 Å². The van der Waals surface area contributed by atoms with Crippen molar-refractivity contribution in [1.29, 1.82) is 0 Å². The molecule has 0 spiro atoms. The molecule has 0 aromatic carbocycles. The molecule has 2 N–H and O–H groups in total. The summed E-state index contributed by atoms with van der Waals surface area (Å²) in [6.45, 7) is 1.72. The van der Waals surface area contributed by atoms with Gasteiger partial charge in [-0.05, 0) is 31.7 Å². The summed E-state index contributed by atoms with van der Waals surface area (Å²) in [4.78, 5) is 26.7. The van der Waals surface area contributed by atoms with Crippen molar-refractivity contribution in [3.8, 4) is 5.75 Å². The molecule has 116 valence electrons. The number of pyridine rings is 1. The molecular formula is C16H23NO4. The van der Waals surface area contributed by atoms with Crippen molar-refractivity contribution in [2.75, 3.05) is 7.11 Å². The highest BCUT2D eigenvalue weighted by Gasteiger charge is 2.31. The van der Waals surface area contributed by atoms with Crippen LogP contribution in [0, 0.1) is 12.8 Å². The van der Waals surface area contributed by atoms with E-state index in [9.17, 15) is 14.7 Å². The molecule has 0 amide bonds. The Morgan fingerprint density at radius 3 is 2.67 bits per heavy atom. The third kappa shape index (κ3) is 3.65. The number of rotatable bonds is 4. The summed E-state index contributed by atoms with van der Waals surface area (Å²) in [5, 5.41) is 10.2. The average Bonchev–Trinajstić information content (AvgIpc) is 2.46. The minimum absolute atomic E-state index is 0.0178. The Morgan fingerprint density at radius 1 is 1.43 bits per heavy atom. The van der Waals surface area contributed by atoms with Crippen LogP contribution >= 0.6 is 0 Å². The first-order valence-corrected chi connectivity index (χ1v) is 7.52. The van der Waals surface area contributed by atoms with Gasteiger partial charge in [0.15, 0.2) is 0 Å². The van der Waals surface area contributed by atoms with Crippen LogP contribution in [-0.4, -0.2) is 23.2 Å². The second-order valence-electron chi connectivity index (χ2n) is 5.87. The van der Waals surface area contributed by atoms with Gasteiger partial charge in [-0.3, -0.25) is 9.59 Å². The monoisotopic (exact) mass is 293 g/mol. The predicted molar refractivity (Wildman–Crippen MR) is 79.4 cm³/mol. The molecule has 1 aliphatic rings. The molecule has 1 fully saturated rings. The van der Waals surface area contributed by atoms with E-state index in [4.69, 9.17) is 4.74 Å². The number of aromatic hydroxyl groups is 1. The molecule has 1 heterocycles. The van der Waals surface area contributed by atoms with Crippen molar-refractivity contribution in [3.63, 3.8) is 0 Å². The van der Waals surface area contributed by atoms with E-state index in [1.807, 2.05) is 0 Å². The lowest BCUT2D eigenvalue weighted by Crippen LogP contribution is -2.26. The van der Waals surface area contributed by atoms with Crippen molar-refractivity contribution >= 4 is 5.97 Å². The normalized spacial score (nSPS) is 17.4.